The predicted octanol–water partition coefficient (Wildman–Crippen LogP) is 0.977. The minimum absolute atomic E-state index is 0.109. The topological polar surface area (TPSA) is 80.9 Å². The number of nitrogens with one attached hydrogen (secondary N) is 1. The van der Waals surface area contributed by atoms with E-state index in [0.29, 0.717) is 16.3 Å². The summed E-state index contributed by atoms with van der Waals surface area (Å²) in [6, 6.07) is 7.69. The molecule has 0 atom stereocenters. The highest BCUT2D eigenvalue weighted by molar-refractivity contribution is 6.30. The summed E-state index contributed by atoms with van der Waals surface area (Å²) in [5, 5.41) is 2.95. The van der Waals surface area contributed by atoms with Crippen LogP contribution in [0.3, 0.4) is 0 Å². The summed E-state index contributed by atoms with van der Waals surface area (Å²) in [6.07, 6.45) is 0. The van der Waals surface area contributed by atoms with Crippen LogP contribution in [0.1, 0.15) is 16.1 Å². The number of nitrogens with zero attached hydrogens (tertiary/aromatic N) is 1. The van der Waals surface area contributed by atoms with Gasteiger partial charge in [0.2, 0.25) is 0 Å². The molecular weight excluding hydrogens is 242 g/mol. The molecule has 0 saturated carbocycles. The van der Waals surface area contributed by atoms with E-state index in [2.05, 4.69) is 5.10 Å². The molecule has 0 unspecified atom stereocenters. The largest absolute Gasteiger partial charge is 0.325 e. The normalized spacial score (nSPS) is 10.5. The highest BCUT2D eigenvalue weighted by Crippen LogP contribution is 2.11. The molecule has 0 bridgehead atoms. The lowest BCUT2D eigenvalue weighted by Crippen LogP contribution is -2.19. The standard InChI is InChI=1S/C11H10ClN3O2/c12-8-3-1-7(2-4-8)11(17)15-9(6-13)5-10(16)14-15/h1-5H,6,13H2,(H,14,16). The zero-order valence-corrected chi connectivity index (χ0v) is 9.57. The first-order valence-corrected chi connectivity index (χ1v) is 5.31. The van der Waals surface area contributed by atoms with Gasteiger partial charge in [-0.15, -0.1) is 0 Å². The van der Waals surface area contributed by atoms with Crippen LogP contribution in [0, 0.1) is 0 Å². The zero-order chi connectivity index (χ0) is 12.4. The number of hydrogen-bond donors (Lipinski definition) is 2. The number of halogens is 1. The molecule has 5 nitrogen and oxygen atoms in total. The van der Waals surface area contributed by atoms with E-state index in [0.717, 1.165) is 4.68 Å². The molecule has 3 N–H and O–H groups in total. The third-order valence-electron chi connectivity index (χ3n) is 2.31. The van der Waals surface area contributed by atoms with Crippen LogP contribution in [0.4, 0.5) is 0 Å². The van der Waals surface area contributed by atoms with Crippen molar-refractivity contribution in [2.45, 2.75) is 6.54 Å². The lowest BCUT2D eigenvalue weighted by Gasteiger charge is -2.05. The molecule has 0 saturated heterocycles. The fraction of sp³-hybridized carbons (Fsp3) is 0.0909. The molecule has 17 heavy (non-hydrogen) atoms. The van der Waals surface area contributed by atoms with Crippen molar-refractivity contribution < 1.29 is 4.79 Å². The van der Waals surface area contributed by atoms with E-state index in [1.165, 1.54) is 6.07 Å². The van der Waals surface area contributed by atoms with Gasteiger partial charge in [-0.05, 0) is 24.3 Å². The van der Waals surface area contributed by atoms with Gasteiger partial charge in [0.05, 0.1) is 5.69 Å². The van der Waals surface area contributed by atoms with Crippen molar-refractivity contribution in [3.63, 3.8) is 0 Å². The van der Waals surface area contributed by atoms with Gasteiger partial charge in [-0.2, -0.15) is 0 Å². The van der Waals surface area contributed by atoms with Gasteiger partial charge < -0.3 is 5.73 Å². The smallest absolute Gasteiger partial charge is 0.276 e. The number of hydrogen-bond acceptors (Lipinski definition) is 3. The van der Waals surface area contributed by atoms with Crippen molar-refractivity contribution in [1.29, 1.82) is 0 Å². The van der Waals surface area contributed by atoms with E-state index in [-0.39, 0.29) is 18.0 Å². The Bertz CT molecular complexity index is 598. The maximum absolute atomic E-state index is 12.0. The number of benzene rings is 1. The highest BCUT2D eigenvalue weighted by atomic mass is 35.5. The van der Waals surface area contributed by atoms with E-state index in [1.54, 1.807) is 24.3 Å². The molecule has 0 spiro atoms. The Hall–Kier alpha value is -1.85. The van der Waals surface area contributed by atoms with Gasteiger partial charge in [-0.1, -0.05) is 11.6 Å². The van der Waals surface area contributed by atoms with Gasteiger partial charge in [-0.3, -0.25) is 14.7 Å². The van der Waals surface area contributed by atoms with E-state index < -0.39 is 0 Å². The Balaban J connectivity index is 2.43. The first-order chi connectivity index (χ1) is 8.11. The van der Waals surface area contributed by atoms with E-state index >= 15 is 0 Å². The zero-order valence-electron chi connectivity index (χ0n) is 8.81. The average molecular weight is 252 g/mol. The van der Waals surface area contributed by atoms with E-state index in [4.69, 9.17) is 17.3 Å². The third kappa shape index (κ3) is 2.30. The number of nitrogens with two attached hydrogens (primary N) is 1. The second-order valence-electron chi connectivity index (χ2n) is 3.46. The highest BCUT2D eigenvalue weighted by Gasteiger charge is 2.12. The van der Waals surface area contributed by atoms with Crippen LogP contribution in [-0.4, -0.2) is 15.7 Å². The summed E-state index contributed by atoms with van der Waals surface area (Å²) >= 11 is 5.73. The Morgan fingerprint density at radius 1 is 1.35 bits per heavy atom. The number of carbonyl (C=O) groups is 1. The van der Waals surface area contributed by atoms with E-state index in [9.17, 15) is 9.59 Å². The van der Waals surface area contributed by atoms with Crippen molar-refractivity contribution in [2.24, 2.45) is 5.73 Å². The Morgan fingerprint density at radius 2 is 2.00 bits per heavy atom. The van der Waals surface area contributed by atoms with Crippen LogP contribution >= 0.6 is 11.6 Å². The molecule has 6 heteroatoms. The fourth-order valence-corrected chi connectivity index (χ4v) is 1.61. The molecule has 0 aliphatic heterocycles. The van der Waals surface area contributed by atoms with Crippen molar-refractivity contribution in [3.8, 4) is 0 Å². The van der Waals surface area contributed by atoms with Gasteiger partial charge in [0.1, 0.15) is 0 Å². The van der Waals surface area contributed by atoms with Gasteiger partial charge in [0, 0.05) is 23.2 Å². The average Bonchev–Trinajstić information content (AvgIpc) is 2.70. The monoisotopic (exact) mass is 251 g/mol. The molecule has 0 aliphatic carbocycles. The lowest BCUT2D eigenvalue weighted by molar-refractivity contribution is 0.0941. The number of aromatic nitrogens is 2. The molecule has 2 rings (SSSR count). The first kappa shape index (κ1) is 11.6. The molecule has 1 aromatic heterocycles. The second kappa shape index (κ2) is 4.57. The van der Waals surface area contributed by atoms with Crippen LogP contribution in [0.2, 0.25) is 5.02 Å². The van der Waals surface area contributed by atoms with Crippen LogP contribution in [0.25, 0.3) is 0 Å². The van der Waals surface area contributed by atoms with E-state index in [1.807, 2.05) is 0 Å². The molecule has 88 valence electrons. The summed E-state index contributed by atoms with van der Waals surface area (Å²) in [6.45, 7) is 0.109. The summed E-state index contributed by atoms with van der Waals surface area (Å²) in [5.41, 5.74) is 5.96. The Kier molecular flexibility index (Phi) is 3.12. The van der Waals surface area contributed by atoms with Crippen LogP contribution < -0.4 is 11.3 Å². The van der Waals surface area contributed by atoms with Gasteiger partial charge in [0.15, 0.2) is 0 Å². The maximum Gasteiger partial charge on any atom is 0.276 e. The first-order valence-electron chi connectivity index (χ1n) is 4.93. The number of rotatable bonds is 2. The number of H-pyrrole nitrogens is 1. The van der Waals surface area contributed by atoms with Gasteiger partial charge in [0.25, 0.3) is 11.5 Å². The minimum Gasteiger partial charge on any atom is -0.325 e. The van der Waals surface area contributed by atoms with Gasteiger partial charge >= 0.3 is 0 Å². The second-order valence-corrected chi connectivity index (χ2v) is 3.90. The lowest BCUT2D eigenvalue weighted by atomic mass is 10.2. The number of aromatic amines is 1. The molecule has 1 heterocycles. The molecule has 2 aromatic rings. The summed E-state index contributed by atoms with van der Waals surface area (Å²) < 4.78 is 1.14. The minimum atomic E-state index is -0.354. The number of carbonyl (C=O) groups excluding carboxylic acids is 1. The summed E-state index contributed by atoms with van der Waals surface area (Å²) in [5.74, 6) is -0.343. The Morgan fingerprint density at radius 3 is 2.59 bits per heavy atom. The molecule has 0 aliphatic rings. The van der Waals surface area contributed by atoms with Crippen LogP contribution in [-0.2, 0) is 6.54 Å². The van der Waals surface area contributed by atoms with Gasteiger partial charge in [-0.25, -0.2) is 4.68 Å². The summed E-state index contributed by atoms with van der Waals surface area (Å²) in [7, 11) is 0. The van der Waals surface area contributed by atoms with Crippen LogP contribution in [0.5, 0.6) is 0 Å². The molecule has 0 fully saturated rings. The van der Waals surface area contributed by atoms with Crippen molar-refractivity contribution in [2.75, 3.05) is 0 Å². The fourth-order valence-electron chi connectivity index (χ4n) is 1.48. The maximum atomic E-state index is 12.0. The van der Waals surface area contributed by atoms with Crippen molar-refractivity contribution in [1.82, 2.24) is 9.78 Å². The molecular formula is C11H10ClN3O2. The van der Waals surface area contributed by atoms with Crippen molar-refractivity contribution in [3.05, 3.63) is 57.0 Å². The third-order valence-corrected chi connectivity index (χ3v) is 2.56. The molecule has 0 radical (unpaired) electrons. The SMILES string of the molecule is NCc1cc(=O)[nH]n1C(=O)c1ccc(Cl)cc1. The predicted molar refractivity (Wildman–Crippen MR) is 64.1 cm³/mol. The molecule has 1 aromatic carbocycles. The van der Waals surface area contributed by atoms with Crippen LogP contribution in [0.15, 0.2) is 35.1 Å². The quantitative estimate of drug-likeness (QED) is 0.835. The Labute approximate surface area is 102 Å². The van der Waals surface area contributed by atoms with Crippen molar-refractivity contribution >= 4 is 17.5 Å². The summed E-state index contributed by atoms with van der Waals surface area (Å²) in [4.78, 5) is 23.2. The molecule has 0 amide bonds.